The summed E-state index contributed by atoms with van der Waals surface area (Å²) in [6, 6.07) is 2.59. The van der Waals surface area contributed by atoms with E-state index in [1.165, 1.54) is 12.1 Å². The largest absolute Gasteiger partial charge is 0.332 e. The van der Waals surface area contributed by atoms with Gasteiger partial charge < -0.3 is 15.2 Å². The summed E-state index contributed by atoms with van der Waals surface area (Å²) < 4.78 is 58.6. The fraction of sp³-hybridized carbons (Fsp3) is 0.333. The summed E-state index contributed by atoms with van der Waals surface area (Å²) in [6.45, 7) is 0.453. The van der Waals surface area contributed by atoms with Gasteiger partial charge in [-0.15, -0.1) is 0 Å². The van der Waals surface area contributed by atoms with Gasteiger partial charge in [-0.25, -0.2) is 22.5 Å². The van der Waals surface area contributed by atoms with Crippen LogP contribution in [0.3, 0.4) is 0 Å². The van der Waals surface area contributed by atoms with Crippen LogP contribution in [0, 0.1) is 23.3 Å². The molecular formula is C21H19F4N5O2. The molecule has 1 fully saturated rings. The van der Waals surface area contributed by atoms with Crippen molar-refractivity contribution in [1.29, 1.82) is 0 Å². The molecule has 1 aliphatic heterocycles. The van der Waals surface area contributed by atoms with Crippen molar-refractivity contribution >= 4 is 5.91 Å². The minimum Gasteiger partial charge on any atom is -0.332 e. The van der Waals surface area contributed by atoms with E-state index in [1.54, 1.807) is 4.90 Å². The molecule has 0 radical (unpaired) electrons. The van der Waals surface area contributed by atoms with Crippen LogP contribution in [0.2, 0.25) is 0 Å². The third-order valence-electron chi connectivity index (χ3n) is 5.27. The number of nitrogens with two attached hydrogens (primary N) is 1. The number of aromatic nitrogens is 3. The number of carbonyl (C=O) groups excluding carboxylic acids is 1. The lowest BCUT2D eigenvalue weighted by atomic mass is 10.0. The van der Waals surface area contributed by atoms with Crippen molar-refractivity contribution in [2.24, 2.45) is 5.73 Å². The molecule has 11 heteroatoms. The van der Waals surface area contributed by atoms with E-state index in [0.29, 0.717) is 31.1 Å². The molecule has 1 amide bonds. The van der Waals surface area contributed by atoms with E-state index < -0.39 is 35.4 Å². The van der Waals surface area contributed by atoms with E-state index in [1.807, 2.05) is 0 Å². The standard InChI is InChI=1S/C21H19F4N5O2/c22-12-3-4-17(27-10-12)21-28-20(29-32-21)18-2-1-5-30(18)19(31)8-13(26)6-11-7-15(24)16(25)9-14(11)23/h3-4,7,9-10,13,18H,1-2,5-6,8,26H2/t13-,18+/m1/s1. The molecule has 2 atom stereocenters. The highest BCUT2D eigenvalue weighted by Gasteiger charge is 2.34. The van der Waals surface area contributed by atoms with Crippen LogP contribution in [0.5, 0.6) is 0 Å². The Morgan fingerprint density at radius 1 is 1.19 bits per heavy atom. The van der Waals surface area contributed by atoms with E-state index in [9.17, 15) is 22.4 Å². The number of carbonyl (C=O) groups is 1. The van der Waals surface area contributed by atoms with Crippen molar-refractivity contribution in [3.8, 4) is 11.6 Å². The number of hydrogen-bond donors (Lipinski definition) is 1. The maximum absolute atomic E-state index is 13.9. The van der Waals surface area contributed by atoms with Crippen LogP contribution >= 0.6 is 0 Å². The highest BCUT2D eigenvalue weighted by molar-refractivity contribution is 5.77. The zero-order chi connectivity index (χ0) is 22.8. The van der Waals surface area contributed by atoms with Crippen LogP contribution in [0.1, 0.15) is 36.7 Å². The molecule has 0 bridgehead atoms. The van der Waals surface area contributed by atoms with Crippen molar-refractivity contribution < 1.29 is 26.9 Å². The van der Waals surface area contributed by atoms with Gasteiger partial charge in [0.1, 0.15) is 17.3 Å². The first-order valence-corrected chi connectivity index (χ1v) is 9.96. The summed E-state index contributed by atoms with van der Waals surface area (Å²) in [5.41, 5.74) is 6.19. The number of likely N-dealkylation sites (tertiary alicyclic amines) is 1. The fourth-order valence-electron chi connectivity index (χ4n) is 3.73. The molecule has 0 aliphatic carbocycles. The van der Waals surface area contributed by atoms with Gasteiger partial charge in [0.25, 0.3) is 5.89 Å². The van der Waals surface area contributed by atoms with E-state index in [0.717, 1.165) is 12.3 Å². The lowest BCUT2D eigenvalue weighted by Gasteiger charge is -2.24. The Balaban J connectivity index is 1.42. The van der Waals surface area contributed by atoms with Crippen LogP contribution in [-0.4, -0.2) is 38.5 Å². The molecule has 32 heavy (non-hydrogen) atoms. The van der Waals surface area contributed by atoms with Gasteiger partial charge in [-0.2, -0.15) is 4.98 Å². The molecule has 0 saturated carbocycles. The number of amides is 1. The SMILES string of the molecule is N[C@@H](CC(=O)N1CCC[C@H]1c1noc(-c2ccc(F)cn2)n1)Cc1cc(F)c(F)cc1F. The molecule has 7 nitrogen and oxygen atoms in total. The Morgan fingerprint density at radius 3 is 2.72 bits per heavy atom. The smallest absolute Gasteiger partial charge is 0.276 e. The molecule has 1 aliphatic rings. The summed E-state index contributed by atoms with van der Waals surface area (Å²) in [6.07, 6.45) is 2.09. The number of benzene rings is 1. The van der Waals surface area contributed by atoms with Gasteiger partial charge >= 0.3 is 0 Å². The molecule has 2 aromatic heterocycles. The highest BCUT2D eigenvalue weighted by atomic mass is 19.2. The Kier molecular flexibility index (Phi) is 6.17. The van der Waals surface area contributed by atoms with E-state index in [4.69, 9.17) is 10.3 Å². The fourth-order valence-corrected chi connectivity index (χ4v) is 3.73. The quantitative estimate of drug-likeness (QED) is 0.458. The van der Waals surface area contributed by atoms with Crippen LogP contribution in [0.4, 0.5) is 17.6 Å². The summed E-state index contributed by atoms with van der Waals surface area (Å²) in [7, 11) is 0. The maximum atomic E-state index is 13.9. The second kappa shape index (κ2) is 9.03. The van der Waals surface area contributed by atoms with Crippen molar-refractivity contribution in [3.05, 3.63) is 65.1 Å². The van der Waals surface area contributed by atoms with Gasteiger partial charge in [0.2, 0.25) is 5.91 Å². The molecule has 1 saturated heterocycles. The molecular weight excluding hydrogens is 430 g/mol. The molecule has 0 spiro atoms. The van der Waals surface area contributed by atoms with Gasteiger partial charge in [-0.3, -0.25) is 4.79 Å². The Labute approximate surface area is 180 Å². The van der Waals surface area contributed by atoms with Crippen molar-refractivity contribution in [2.45, 2.75) is 37.8 Å². The van der Waals surface area contributed by atoms with Crippen LogP contribution in [0.25, 0.3) is 11.6 Å². The lowest BCUT2D eigenvalue weighted by molar-refractivity contribution is -0.132. The monoisotopic (exact) mass is 449 g/mol. The van der Waals surface area contributed by atoms with E-state index >= 15 is 0 Å². The number of hydrogen-bond acceptors (Lipinski definition) is 6. The van der Waals surface area contributed by atoms with E-state index in [2.05, 4.69) is 15.1 Å². The second-order valence-electron chi connectivity index (χ2n) is 7.59. The predicted octanol–water partition coefficient (Wildman–Crippen LogP) is 3.31. The number of nitrogens with zero attached hydrogens (tertiary/aromatic N) is 4. The third-order valence-corrected chi connectivity index (χ3v) is 5.27. The third kappa shape index (κ3) is 4.62. The van der Waals surface area contributed by atoms with Crippen molar-refractivity contribution in [3.63, 3.8) is 0 Å². The lowest BCUT2D eigenvalue weighted by Crippen LogP contribution is -2.36. The molecule has 1 aromatic carbocycles. The Bertz CT molecular complexity index is 1120. The average molecular weight is 449 g/mol. The van der Waals surface area contributed by atoms with Gasteiger partial charge in [-0.05, 0) is 43.0 Å². The predicted molar refractivity (Wildman–Crippen MR) is 104 cm³/mol. The first-order valence-electron chi connectivity index (χ1n) is 9.96. The van der Waals surface area contributed by atoms with Crippen LogP contribution in [0.15, 0.2) is 35.0 Å². The van der Waals surface area contributed by atoms with Crippen molar-refractivity contribution in [1.82, 2.24) is 20.0 Å². The number of halogens is 4. The first-order chi connectivity index (χ1) is 15.3. The van der Waals surface area contributed by atoms with Crippen molar-refractivity contribution in [2.75, 3.05) is 6.54 Å². The zero-order valence-electron chi connectivity index (χ0n) is 16.8. The first kappa shape index (κ1) is 21.9. The molecule has 3 aromatic rings. The Hall–Kier alpha value is -3.34. The van der Waals surface area contributed by atoms with Gasteiger partial charge in [0.05, 0.1) is 12.2 Å². The molecule has 3 heterocycles. The molecule has 0 unspecified atom stereocenters. The summed E-state index contributed by atoms with van der Waals surface area (Å²) in [4.78, 5) is 22.6. The van der Waals surface area contributed by atoms with Gasteiger partial charge in [0, 0.05) is 25.1 Å². The normalized spacial score (nSPS) is 17.0. The molecule has 2 N–H and O–H groups in total. The second-order valence-corrected chi connectivity index (χ2v) is 7.59. The average Bonchev–Trinajstić information content (AvgIpc) is 3.42. The Morgan fingerprint density at radius 2 is 1.97 bits per heavy atom. The summed E-state index contributed by atoms with van der Waals surface area (Å²) >= 11 is 0. The topological polar surface area (TPSA) is 98.1 Å². The molecule has 168 valence electrons. The summed E-state index contributed by atoms with van der Waals surface area (Å²) in [5.74, 6) is -3.79. The van der Waals surface area contributed by atoms with Gasteiger partial charge in [-0.1, -0.05) is 5.16 Å². The summed E-state index contributed by atoms with van der Waals surface area (Å²) in [5, 5.41) is 3.93. The zero-order valence-corrected chi connectivity index (χ0v) is 16.8. The minimum atomic E-state index is -1.29. The highest BCUT2D eigenvalue weighted by Crippen LogP contribution is 2.32. The van der Waals surface area contributed by atoms with Gasteiger partial charge in [0.15, 0.2) is 17.5 Å². The number of pyridine rings is 1. The van der Waals surface area contributed by atoms with Crippen LogP contribution < -0.4 is 5.73 Å². The van der Waals surface area contributed by atoms with E-state index in [-0.39, 0.29) is 36.0 Å². The van der Waals surface area contributed by atoms with Crippen LogP contribution in [-0.2, 0) is 11.2 Å². The number of rotatable bonds is 6. The molecule has 4 rings (SSSR count). The maximum Gasteiger partial charge on any atom is 0.276 e. The minimum absolute atomic E-state index is 0.100.